The second-order valence-electron chi connectivity index (χ2n) is 2.09. The number of benzene rings is 1. The number of rotatable bonds is 3. The molecule has 0 bridgehead atoms. The molecule has 1 rings (SSSR count). The fourth-order valence-electron chi connectivity index (χ4n) is 0.651. The molecule has 0 radical (unpaired) electrons. The summed E-state index contributed by atoms with van der Waals surface area (Å²) in [5.41, 5.74) is 0.533. The third-order valence-corrected chi connectivity index (χ3v) is 1.45. The highest BCUT2D eigenvalue weighted by atomic mass is 32.3. The predicted octanol–water partition coefficient (Wildman–Crippen LogP) is 1.17. The van der Waals surface area contributed by atoms with E-state index in [1.807, 2.05) is 0 Å². The van der Waals surface area contributed by atoms with Gasteiger partial charge in [-0.05, 0) is 12.1 Å². The van der Waals surface area contributed by atoms with Crippen LogP contribution in [-0.4, -0.2) is 19.4 Å². The number of aliphatic imine (C=N–C) groups is 1. The molecule has 0 spiro atoms. The largest absolute Gasteiger partial charge is 0.447 e. The lowest BCUT2D eigenvalue weighted by Gasteiger charge is -1.92. The summed E-state index contributed by atoms with van der Waals surface area (Å²) >= 11 is 0. The lowest BCUT2D eigenvalue weighted by Crippen LogP contribution is -2.00. The van der Waals surface area contributed by atoms with Crippen LogP contribution in [0.1, 0.15) is 0 Å². The van der Waals surface area contributed by atoms with Gasteiger partial charge < -0.3 is 4.18 Å². The second kappa shape index (κ2) is 4.01. The zero-order valence-electron chi connectivity index (χ0n) is 6.49. The highest BCUT2D eigenvalue weighted by Gasteiger charge is 1.99. The summed E-state index contributed by atoms with van der Waals surface area (Å²) in [6.45, 7) is 0. The Balaban J connectivity index is 2.61. The van der Waals surface area contributed by atoms with Gasteiger partial charge in [-0.25, -0.2) is 4.99 Å². The Morgan fingerprint density at radius 3 is 2.46 bits per heavy atom. The molecule has 1 aromatic rings. The summed E-state index contributed by atoms with van der Waals surface area (Å²) in [5, 5.41) is 0. The van der Waals surface area contributed by atoms with Gasteiger partial charge in [0.15, 0.2) is 6.40 Å². The first-order chi connectivity index (χ1) is 6.08. The quantitative estimate of drug-likeness (QED) is 0.452. The second-order valence-corrected chi connectivity index (χ2v) is 3.14. The maximum Gasteiger partial charge on any atom is 0.447 e. The normalized spacial score (nSPS) is 11.8. The maximum absolute atomic E-state index is 10.1. The van der Waals surface area contributed by atoms with Gasteiger partial charge in [-0.1, -0.05) is 18.2 Å². The molecule has 0 aliphatic rings. The Bertz CT molecular complexity index is 384. The Morgan fingerprint density at radius 1 is 1.31 bits per heavy atom. The fraction of sp³-hybridized carbons (Fsp3) is 0. The minimum atomic E-state index is -4.44. The lowest BCUT2D eigenvalue weighted by molar-refractivity contribution is 0.389. The van der Waals surface area contributed by atoms with Crippen LogP contribution in [0.25, 0.3) is 0 Å². The molecule has 0 aromatic heterocycles. The van der Waals surface area contributed by atoms with Gasteiger partial charge in [0.05, 0.1) is 5.69 Å². The number of nitrogens with zero attached hydrogens (tertiary/aromatic N) is 1. The zero-order valence-corrected chi connectivity index (χ0v) is 7.31. The van der Waals surface area contributed by atoms with Crippen molar-refractivity contribution in [2.45, 2.75) is 0 Å². The van der Waals surface area contributed by atoms with E-state index < -0.39 is 10.4 Å². The standard InChI is InChI=1S/C7H7NO4S/c9-13(10,11)12-6-8-7-4-2-1-3-5-7/h1-6H,(H,9,10,11). The molecule has 1 N–H and O–H groups in total. The molecule has 0 unspecified atom stereocenters. The molecule has 0 aliphatic carbocycles. The molecule has 0 aliphatic heterocycles. The van der Waals surface area contributed by atoms with E-state index in [2.05, 4.69) is 9.18 Å². The number of hydrogen-bond acceptors (Lipinski definition) is 4. The minimum Gasteiger partial charge on any atom is -0.349 e. The van der Waals surface area contributed by atoms with Gasteiger partial charge in [0.25, 0.3) is 0 Å². The van der Waals surface area contributed by atoms with Crippen molar-refractivity contribution in [2.24, 2.45) is 4.99 Å². The van der Waals surface area contributed by atoms with E-state index in [-0.39, 0.29) is 0 Å². The van der Waals surface area contributed by atoms with Gasteiger partial charge in [0.2, 0.25) is 0 Å². The first-order valence-corrected chi connectivity index (χ1v) is 4.68. The topological polar surface area (TPSA) is 76.0 Å². The van der Waals surface area contributed by atoms with E-state index in [4.69, 9.17) is 4.55 Å². The average Bonchev–Trinajstić information content (AvgIpc) is 2.04. The van der Waals surface area contributed by atoms with Crippen molar-refractivity contribution in [3.05, 3.63) is 30.3 Å². The van der Waals surface area contributed by atoms with E-state index in [0.29, 0.717) is 12.1 Å². The molecule has 0 amide bonds. The Morgan fingerprint density at radius 2 is 1.92 bits per heavy atom. The number of para-hydroxylation sites is 1. The van der Waals surface area contributed by atoms with Gasteiger partial charge in [0.1, 0.15) is 0 Å². The van der Waals surface area contributed by atoms with Crippen LogP contribution in [0.4, 0.5) is 5.69 Å². The molecule has 1 aromatic carbocycles. The van der Waals surface area contributed by atoms with Crippen molar-refractivity contribution in [1.29, 1.82) is 0 Å². The van der Waals surface area contributed by atoms with Crippen LogP contribution >= 0.6 is 0 Å². The third-order valence-electron chi connectivity index (χ3n) is 1.12. The minimum absolute atomic E-state index is 0.533. The van der Waals surface area contributed by atoms with E-state index in [9.17, 15) is 8.42 Å². The van der Waals surface area contributed by atoms with Crippen LogP contribution in [0, 0.1) is 0 Å². The van der Waals surface area contributed by atoms with E-state index in [1.165, 1.54) is 0 Å². The van der Waals surface area contributed by atoms with Crippen molar-refractivity contribution in [1.82, 2.24) is 0 Å². The molecule has 0 saturated heterocycles. The van der Waals surface area contributed by atoms with Crippen LogP contribution in [0.2, 0.25) is 0 Å². The Hall–Kier alpha value is -1.40. The first kappa shape index (κ1) is 9.69. The summed E-state index contributed by atoms with van der Waals surface area (Å²) in [7, 11) is -4.44. The molecule has 0 atom stereocenters. The average molecular weight is 201 g/mol. The summed E-state index contributed by atoms with van der Waals surface area (Å²) < 4.78 is 32.2. The van der Waals surface area contributed by atoms with Gasteiger partial charge >= 0.3 is 10.4 Å². The van der Waals surface area contributed by atoms with Crippen LogP contribution in [0.5, 0.6) is 0 Å². The first-order valence-electron chi connectivity index (χ1n) is 3.31. The predicted molar refractivity (Wildman–Crippen MR) is 47.2 cm³/mol. The van der Waals surface area contributed by atoms with Gasteiger partial charge in [-0.15, -0.1) is 0 Å². The SMILES string of the molecule is O=S(=O)(O)OC=Nc1ccccc1. The molecule has 13 heavy (non-hydrogen) atoms. The molecule has 70 valence electrons. The van der Waals surface area contributed by atoms with Crippen molar-refractivity contribution in [3.8, 4) is 0 Å². The highest BCUT2D eigenvalue weighted by molar-refractivity contribution is 7.81. The maximum atomic E-state index is 10.1. The van der Waals surface area contributed by atoms with Crippen LogP contribution in [0.3, 0.4) is 0 Å². The highest BCUT2D eigenvalue weighted by Crippen LogP contribution is 2.08. The summed E-state index contributed by atoms with van der Waals surface area (Å²) in [4.78, 5) is 3.61. The lowest BCUT2D eigenvalue weighted by atomic mass is 10.3. The Labute approximate surface area is 75.6 Å². The van der Waals surface area contributed by atoms with Crippen molar-refractivity contribution in [2.75, 3.05) is 0 Å². The summed E-state index contributed by atoms with van der Waals surface area (Å²) in [6.07, 6.45) is 0.657. The van der Waals surface area contributed by atoms with E-state index in [1.54, 1.807) is 30.3 Å². The van der Waals surface area contributed by atoms with Crippen LogP contribution < -0.4 is 0 Å². The van der Waals surface area contributed by atoms with Crippen molar-refractivity contribution >= 4 is 22.5 Å². The smallest absolute Gasteiger partial charge is 0.349 e. The fourth-order valence-corrected chi connectivity index (χ4v) is 0.803. The van der Waals surface area contributed by atoms with Gasteiger partial charge in [0, 0.05) is 0 Å². The molecule has 0 heterocycles. The van der Waals surface area contributed by atoms with Crippen molar-refractivity contribution in [3.63, 3.8) is 0 Å². The van der Waals surface area contributed by atoms with E-state index in [0.717, 1.165) is 0 Å². The number of hydrogen-bond donors (Lipinski definition) is 1. The van der Waals surface area contributed by atoms with Gasteiger partial charge in [-0.3, -0.25) is 4.55 Å². The van der Waals surface area contributed by atoms with Crippen LogP contribution in [-0.2, 0) is 14.6 Å². The molecule has 0 fully saturated rings. The summed E-state index contributed by atoms with van der Waals surface area (Å²) in [5.74, 6) is 0. The zero-order chi connectivity index (χ0) is 9.73. The molecular formula is C7H7NO4S. The van der Waals surface area contributed by atoms with Gasteiger partial charge in [-0.2, -0.15) is 8.42 Å². The summed E-state index contributed by atoms with van der Waals surface area (Å²) in [6, 6.07) is 8.58. The van der Waals surface area contributed by atoms with E-state index >= 15 is 0 Å². The molecule has 0 saturated carbocycles. The Kier molecular flexibility index (Phi) is 2.99. The van der Waals surface area contributed by atoms with Crippen LogP contribution in [0.15, 0.2) is 35.3 Å². The monoisotopic (exact) mass is 201 g/mol. The molecule has 5 nitrogen and oxygen atoms in total. The third kappa shape index (κ3) is 4.24. The van der Waals surface area contributed by atoms with Crippen molar-refractivity contribution < 1.29 is 17.2 Å². The molecule has 6 heteroatoms. The molecular weight excluding hydrogens is 194 g/mol.